The zero-order chi connectivity index (χ0) is 15.6. The van der Waals surface area contributed by atoms with Crippen molar-refractivity contribution < 1.29 is 13.2 Å². The van der Waals surface area contributed by atoms with Gasteiger partial charge in [-0.15, -0.1) is 0 Å². The van der Waals surface area contributed by atoms with Crippen LogP contribution in [0.4, 0.5) is 5.69 Å². The van der Waals surface area contributed by atoms with Crippen LogP contribution in [0.15, 0.2) is 24.3 Å². The molecule has 120 valence electrons. The van der Waals surface area contributed by atoms with Crippen LogP contribution in [-0.2, 0) is 10.0 Å². The molecule has 1 aromatic rings. The number of unbranched alkanes of at least 4 members (excludes halogenated alkanes) is 1. The van der Waals surface area contributed by atoms with Crippen LogP contribution in [0.2, 0.25) is 0 Å². The molecule has 0 bridgehead atoms. The molecular formula is C15H26N2O3S. The van der Waals surface area contributed by atoms with Gasteiger partial charge >= 0.3 is 0 Å². The summed E-state index contributed by atoms with van der Waals surface area (Å²) < 4.78 is 31.8. The standard InChI is InChI=1S/C15H26N2O3S/c1-3-11-16-12-5-6-13-21(18,19)17-14-7-9-15(10-8-14)20-4-2/h7-10,16-17H,3-6,11-13H2,1-2H3. The lowest BCUT2D eigenvalue weighted by molar-refractivity contribution is 0.340. The number of nitrogens with one attached hydrogen (secondary N) is 2. The van der Waals surface area contributed by atoms with E-state index >= 15 is 0 Å². The smallest absolute Gasteiger partial charge is 0.232 e. The van der Waals surface area contributed by atoms with E-state index in [0.29, 0.717) is 18.7 Å². The molecule has 0 saturated heterocycles. The van der Waals surface area contributed by atoms with Gasteiger partial charge in [0, 0.05) is 5.69 Å². The first-order valence-electron chi connectivity index (χ1n) is 7.51. The Morgan fingerprint density at radius 3 is 2.38 bits per heavy atom. The Labute approximate surface area is 128 Å². The van der Waals surface area contributed by atoms with Crippen molar-refractivity contribution in [3.05, 3.63) is 24.3 Å². The van der Waals surface area contributed by atoms with Crippen LogP contribution in [0.3, 0.4) is 0 Å². The average molecular weight is 314 g/mol. The molecule has 0 atom stereocenters. The van der Waals surface area contributed by atoms with Crippen molar-refractivity contribution in [2.45, 2.75) is 33.1 Å². The van der Waals surface area contributed by atoms with Crippen molar-refractivity contribution in [2.75, 3.05) is 30.2 Å². The van der Waals surface area contributed by atoms with Gasteiger partial charge in [0.1, 0.15) is 5.75 Å². The average Bonchev–Trinajstić information content (AvgIpc) is 2.45. The van der Waals surface area contributed by atoms with E-state index in [2.05, 4.69) is 17.0 Å². The Morgan fingerprint density at radius 2 is 1.76 bits per heavy atom. The summed E-state index contributed by atoms with van der Waals surface area (Å²) >= 11 is 0. The van der Waals surface area contributed by atoms with Crippen LogP contribution in [0.1, 0.15) is 33.1 Å². The summed E-state index contributed by atoms with van der Waals surface area (Å²) in [6, 6.07) is 6.95. The zero-order valence-corrected chi connectivity index (χ0v) is 13.7. The molecule has 0 saturated carbocycles. The Bertz CT molecular complexity index is 486. The molecule has 1 aromatic carbocycles. The van der Waals surface area contributed by atoms with Gasteiger partial charge in [-0.05, 0) is 63.5 Å². The predicted molar refractivity (Wildman–Crippen MR) is 87.4 cm³/mol. The maximum atomic E-state index is 11.9. The van der Waals surface area contributed by atoms with Gasteiger partial charge in [-0.2, -0.15) is 0 Å². The monoisotopic (exact) mass is 314 g/mol. The molecule has 2 N–H and O–H groups in total. The lowest BCUT2D eigenvalue weighted by Gasteiger charge is -2.09. The van der Waals surface area contributed by atoms with Crippen molar-refractivity contribution in [2.24, 2.45) is 0 Å². The molecule has 0 aliphatic rings. The number of sulfonamides is 1. The van der Waals surface area contributed by atoms with Gasteiger partial charge in [0.2, 0.25) is 10.0 Å². The minimum Gasteiger partial charge on any atom is -0.494 e. The summed E-state index contributed by atoms with van der Waals surface area (Å²) in [5.41, 5.74) is 0.572. The summed E-state index contributed by atoms with van der Waals surface area (Å²) in [7, 11) is -3.27. The molecule has 0 radical (unpaired) electrons. The zero-order valence-electron chi connectivity index (χ0n) is 12.9. The molecule has 0 fully saturated rings. The highest BCUT2D eigenvalue weighted by atomic mass is 32.2. The number of hydrogen-bond donors (Lipinski definition) is 2. The number of rotatable bonds is 11. The van der Waals surface area contributed by atoms with Crippen LogP contribution in [-0.4, -0.2) is 33.9 Å². The van der Waals surface area contributed by atoms with Crippen LogP contribution in [0.25, 0.3) is 0 Å². The molecule has 0 unspecified atom stereocenters. The van der Waals surface area contributed by atoms with Gasteiger partial charge in [0.25, 0.3) is 0 Å². The second kappa shape index (κ2) is 9.63. The van der Waals surface area contributed by atoms with Crippen molar-refractivity contribution >= 4 is 15.7 Å². The molecule has 0 amide bonds. The Hall–Kier alpha value is -1.27. The topological polar surface area (TPSA) is 67.4 Å². The minimum atomic E-state index is -3.27. The molecular weight excluding hydrogens is 288 g/mol. The molecule has 0 aromatic heterocycles. The summed E-state index contributed by atoms with van der Waals surface area (Å²) in [5, 5.41) is 3.26. The van der Waals surface area contributed by atoms with E-state index in [9.17, 15) is 8.42 Å². The quantitative estimate of drug-likeness (QED) is 0.616. The maximum absolute atomic E-state index is 11.9. The highest BCUT2D eigenvalue weighted by Crippen LogP contribution is 2.16. The van der Waals surface area contributed by atoms with Gasteiger partial charge in [0.15, 0.2) is 0 Å². The number of anilines is 1. The largest absolute Gasteiger partial charge is 0.494 e. The number of hydrogen-bond acceptors (Lipinski definition) is 4. The summed E-state index contributed by atoms with van der Waals surface area (Å²) in [4.78, 5) is 0. The Morgan fingerprint density at radius 1 is 1.05 bits per heavy atom. The summed E-state index contributed by atoms with van der Waals surface area (Å²) in [6.45, 7) is 6.46. The number of benzene rings is 1. The molecule has 5 nitrogen and oxygen atoms in total. The first kappa shape index (κ1) is 17.8. The van der Waals surface area contributed by atoms with E-state index in [0.717, 1.165) is 31.7 Å². The fourth-order valence-electron chi connectivity index (χ4n) is 1.86. The van der Waals surface area contributed by atoms with Gasteiger partial charge in [0.05, 0.1) is 12.4 Å². The maximum Gasteiger partial charge on any atom is 0.232 e. The molecule has 0 aliphatic carbocycles. The normalized spacial score (nSPS) is 11.3. The molecule has 0 aliphatic heterocycles. The molecule has 21 heavy (non-hydrogen) atoms. The van der Waals surface area contributed by atoms with Gasteiger partial charge < -0.3 is 10.1 Å². The second-order valence-electron chi connectivity index (χ2n) is 4.84. The molecule has 0 heterocycles. The second-order valence-corrected chi connectivity index (χ2v) is 6.68. The van der Waals surface area contributed by atoms with Gasteiger partial charge in [-0.3, -0.25) is 4.72 Å². The fraction of sp³-hybridized carbons (Fsp3) is 0.600. The highest BCUT2D eigenvalue weighted by molar-refractivity contribution is 7.92. The predicted octanol–water partition coefficient (Wildman–Crippen LogP) is 2.61. The van der Waals surface area contributed by atoms with Gasteiger partial charge in [-0.25, -0.2) is 8.42 Å². The van der Waals surface area contributed by atoms with Crippen LogP contribution < -0.4 is 14.8 Å². The van der Waals surface area contributed by atoms with Crippen molar-refractivity contribution in [1.29, 1.82) is 0 Å². The first-order chi connectivity index (χ1) is 10.1. The van der Waals surface area contributed by atoms with E-state index in [-0.39, 0.29) is 5.75 Å². The van der Waals surface area contributed by atoms with E-state index in [1.54, 1.807) is 24.3 Å². The third-order valence-corrected chi connectivity index (χ3v) is 4.25. The van der Waals surface area contributed by atoms with E-state index in [1.165, 1.54) is 0 Å². The molecule has 1 rings (SSSR count). The number of ether oxygens (including phenoxy) is 1. The minimum absolute atomic E-state index is 0.147. The van der Waals surface area contributed by atoms with Crippen molar-refractivity contribution in [1.82, 2.24) is 5.32 Å². The van der Waals surface area contributed by atoms with E-state index in [1.807, 2.05) is 6.92 Å². The Kier molecular flexibility index (Phi) is 8.15. The SMILES string of the molecule is CCCNCCCCS(=O)(=O)Nc1ccc(OCC)cc1. The molecule has 6 heteroatoms. The molecule has 0 spiro atoms. The highest BCUT2D eigenvalue weighted by Gasteiger charge is 2.09. The first-order valence-corrected chi connectivity index (χ1v) is 9.16. The van der Waals surface area contributed by atoms with E-state index < -0.39 is 10.0 Å². The van der Waals surface area contributed by atoms with Crippen LogP contribution in [0, 0.1) is 0 Å². The van der Waals surface area contributed by atoms with Crippen LogP contribution in [0.5, 0.6) is 5.75 Å². The van der Waals surface area contributed by atoms with Crippen LogP contribution >= 0.6 is 0 Å². The van der Waals surface area contributed by atoms with Gasteiger partial charge in [-0.1, -0.05) is 6.92 Å². The summed E-state index contributed by atoms with van der Waals surface area (Å²) in [5.74, 6) is 0.885. The Balaban J connectivity index is 2.34. The third-order valence-electron chi connectivity index (χ3n) is 2.88. The fourth-order valence-corrected chi connectivity index (χ4v) is 3.04. The lowest BCUT2D eigenvalue weighted by Crippen LogP contribution is -2.19. The lowest BCUT2D eigenvalue weighted by atomic mass is 10.3. The van der Waals surface area contributed by atoms with Crippen molar-refractivity contribution in [3.63, 3.8) is 0 Å². The van der Waals surface area contributed by atoms with E-state index in [4.69, 9.17) is 4.74 Å². The summed E-state index contributed by atoms with van der Waals surface area (Å²) in [6.07, 6.45) is 2.62. The third kappa shape index (κ3) is 7.92. The van der Waals surface area contributed by atoms with Crippen molar-refractivity contribution in [3.8, 4) is 5.75 Å².